The summed E-state index contributed by atoms with van der Waals surface area (Å²) in [4.78, 5) is 46.2. The van der Waals surface area contributed by atoms with Gasteiger partial charge >= 0.3 is 6.01 Å². The van der Waals surface area contributed by atoms with Gasteiger partial charge in [-0.1, -0.05) is 24.1 Å². The van der Waals surface area contributed by atoms with Crippen LogP contribution >= 0.6 is 0 Å². The summed E-state index contributed by atoms with van der Waals surface area (Å²) in [6.45, 7) is 8.30. The van der Waals surface area contributed by atoms with Crippen LogP contribution in [0.2, 0.25) is 0 Å². The molecule has 6 aliphatic rings. The van der Waals surface area contributed by atoms with E-state index in [0.717, 1.165) is 107 Å². The molecule has 3 atom stereocenters. The van der Waals surface area contributed by atoms with E-state index < -0.39 is 11.6 Å². The van der Waals surface area contributed by atoms with Crippen molar-refractivity contribution in [2.75, 3.05) is 63.9 Å². The summed E-state index contributed by atoms with van der Waals surface area (Å²) in [6, 6.07) is 13.1. The second-order valence-electron chi connectivity index (χ2n) is 21.6. The number of phenolic OH excluding ortho intramolecular Hbond substituents is 1. The number of aromatic hydroxyl groups is 1. The third kappa shape index (κ3) is 8.86. The first kappa shape index (κ1) is 45.9. The van der Waals surface area contributed by atoms with E-state index in [2.05, 4.69) is 65.2 Å². The molecule has 2 bridgehead atoms. The van der Waals surface area contributed by atoms with Gasteiger partial charge in [0.2, 0.25) is 11.8 Å². The van der Waals surface area contributed by atoms with Gasteiger partial charge in [-0.25, -0.2) is 8.78 Å². The van der Waals surface area contributed by atoms with E-state index >= 15 is 8.78 Å². The van der Waals surface area contributed by atoms with E-state index in [4.69, 9.17) is 21.1 Å². The molecule has 13 nitrogen and oxygen atoms in total. The van der Waals surface area contributed by atoms with Crippen LogP contribution in [0.25, 0.3) is 43.8 Å². The molecule has 0 radical (unpaired) electrons. The molecule has 5 saturated heterocycles. The standard InChI is InChI=1S/C56H61F2N9O4/c1-3-40-46(57)10-5-36-24-39(68)26-43(49(36)40)51-50(58)52-44(27-59-51)53(67-28-37-6-7-38(29-67)60-37)63-55(62-52)71-32-56(17-18-56)31-66-20-13-33(14-21-66)12-19-65-22-15-34(16-23-65)35-4-8-41-45(30-64(2)47(41)25-35)42-9-11-48(69)61-54(42)70/h1,4-5,8,10,24-27,30,33-34,37-38,42,60,68H,6-7,9,11-23,28-29,31-32H2,2H3,(H,61,69,70). The number of aromatic nitrogens is 4. The average molecular weight is 962 g/mol. The topological polar surface area (TPSA) is 141 Å². The summed E-state index contributed by atoms with van der Waals surface area (Å²) < 4.78 is 40.8. The largest absolute Gasteiger partial charge is 0.508 e. The van der Waals surface area contributed by atoms with Gasteiger partial charge in [0.05, 0.1) is 23.5 Å². The summed E-state index contributed by atoms with van der Waals surface area (Å²) in [7, 11) is 2.05. The SMILES string of the molecule is C#Cc1c(F)ccc2cc(O)cc(-c3ncc4c(N5CC6CCC(C5)N6)nc(OCC5(CN6CCC(CCN7CCC(c8ccc9c(C%10CCC(=O)NC%10=O)cn(C)c9c8)CC7)CC6)CC5)nc4c3F)c12. The van der Waals surface area contributed by atoms with Gasteiger partial charge in [-0.15, -0.1) is 6.42 Å². The maximum Gasteiger partial charge on any atom is 0.319 e. The first-order chi connectivity index (χ1) is 34.5. The predicted octanol–water partition coefficient (Wildman–Crippen LogP) is 7.90. The Balaban J connectivity index is 0.674. The number of rotatable bonds is 12. The highest BCUT2D eigenvalue weighted by Crippen LogP contribution is 2.48. The minimum atomic E-state index is -0.715. The number of terminal acetylenes is 1. The van der Waals surface area contributed by atoms with Crippen LogP contribution in [0.1, 0.15) is 99.2 Å². The number of pyridine rings is 1. The number of halogens is 2. The molecular weight excluding hydrogens is 901 g/mol. The number of aryl methyl sites for hydroxylation is 1. The number of phenols is 1. The Labute approximate surface area is 412 Å². The van der Waals surface area contributed by atoms with Crippen molar-refractivity contribution in [1.29, 1.82) is 0 Å². The second-order valence-corrected chi connectivity index (χ2v) is 21.6. The summed E-state index contributed by atoms with van der Waals surface area (Å²) in [5, 5.41) is 19.2. The van der Waals surface area contributed by atoms with Crippen LogP contribution in [0.3, 0.4) is 0 Å². The molecule has 3 aromatic carbocycles. The van der Waals surface area contributed by atoms with Crippen molar-refractivity contribution < 1.29 is 28.2 Å². The predicted molar refractivity (Wildman–Crippen MR) is 269 cm³/mol. The Morgan fingerprint density at radius 2 is 1.69 bits per heavy atom. The molecular formula is C56H61F2N9O4. The summed E-state index contributed by atoms with van der Waals surface area (Å²) in [6.07, 6.45) is 20.5. The maximum absolute atomic E-state index is 17.1. The third-order valence-electron chi connectivity index (χ3n) is 16.9. The quantitative estimate of drug-likeness (QED) is 0.0815. The molecule has 2 amide bonds. The molecule has 8 heterocycles. The number of fused-ring (bicyclic) bond motifs is 5. The lowest BCUT2D eigenvalue weighted by Gasteiger charge is -2.36. The average Bonchev–Trinajstić information content (AvgIpc) is 3.95. The van der Waals surface area contributed by atoms with Crippen molar-refractivity contribution in [2.24, 2.45) is 18.4 Å². The number of imide groups is 1. The van der Waals surface area contributed by atoms with Crippen LogP contribution in [0.15, 0.2) is 54.9 Å². The number of anilines is 1. The number of amides is 2. The van der Waals surface area contributed by atoms with Crippen LogP contribution < -0.4 is 20.3 Å². The highest BCUT2D eigenvalue weighted by atomic mass is 19.1. The molecule has 5 aliphatic heterocycles. The van der Waals surface area contributed by atoms with Crippen molar-refractivity contribution in [1.82, 2.24) is 40.0 Å². The van der Waals surface area contributed by atoms with Gasteiger partial charge in [-0.05, 0) is 150 Å². The van der Waals surface area contributed by atoms with E-state index in [1.54, 1.807) is 6.20 Å². The fraction of sp³-hybridized carbons (Fsp3) is 0.482. The monoisotopic (exact) mass is 961 g/mol. The van der Waals surface area contributed by atoms with Gasteiger partial charge in [-0.3, -0.25) is 19.9 Å². The minimum Gasteiger partial charge on any atom is -0.508 e. The highest BCUT2D eigenvalue weighted by Gasteiger charge is 2.46. The Bertz CT molecular complexity index is 3120. The van der Waals surface area contributed by atoms with Crippen LogP contribution in [0.5, 0.6) is 11.8 Å². The Hall–Kier alpha value is -6.21. The second kappa shape index (κ2) is 18.4. The molecule has 6 aromatic rings. The molecule has 6 fully saturated rings. The number of hydrogen-bond donors (Lipinski definition) is 3. The number of carbonyl (C=O) groups is 2. The van der Waals surface area contributed by atoms with E-state index in [-0.39, 0.29) is 57.2 Å². The van der Waals surface area contributed by atoms with Crippen LogP contribution in [-0.2, 0) is 16.6 Å². The summed E-state index contributed by atoms with van der Waals surface area (Å²) >= 11 is 0. The lowest BCUT2D eigenvalue weighted by molar-refractivity contribution is -0.134. The van der Waals surface area contributed by atoms with Crippen molar-refractivity contribution in [3.8, 4) is 35.4 Å². The van der Waals surface area contributed by atoms with Crippen LogP contribution in [0.4, 0.5) is 14.6 Å². The van der Waals surface area contributed by atoms with E-state index in [0.29, 0.717) is 65.3 Å². The molecule has 3 unspecified atom stereocenters. The van der Waals surface area contributed by atoms with E-state index in [1.165, 1.54) is 49.1 Å². The van der Waals surface area contributed by atoms with Crippen molar-refractivity contribution >= 4 is 50.2 Å². The lowest BCUT2D eigenvalue weighted by atomic mass is 9.87. The van der Waals surface area contributed by atoms with E-state index in [1.807, 2.05) is 7.05 Å². The molecule has 1 saturated carbocycles. The molecule has 15 heteroatoms. The van der Waals surface area contributed by atoms with E-state index in [9.17, 15) is 14.7 Å². The Morgan fingerprint density at radius 1 is 0.915 bits per heavy atom. The first-order valence-electron chi connectivity index (χ1n) is 25.8. The zero-order chi connectivity index (χ0) is 48.5. The molecule has 12 rings (SSSR count). The molecule has 71 heavy (non-hydrogen) atoms. The molecule has 368 valence electrons. The van der Waals surface area contributed by atoms with Crippen molar-refractivity contribution in [3.05, 3.63) is 83.2 Å². The Kier molecular flexibility index (Phi) is 11.9. The number of nitrogens with zero attached hydrogens (tertiary/aromatic N) is 7. The zero-order valence-electron chi connectivity index (χ0n) is 40.4. The highest BCUT2D eigenvalue weighted by molar-refractivity contribution is 6.04. The number of likely N-dealkylation sites (tertiary alicyclic amines) is 2. The van der Waals surface area contributed by atoms with Crippen molar-refractivity contribution in [3.63, 3.8) is 0 Å². The number of piperazine rings is 1. The molecule has 3 N–H and O–H groups in total. The van der Waals surface area contributed by atoms with Gasteiger partial charge in [0.1, 0.15) is 28.6 Å². The fourth-order valence-corrected chi connectivity index (χ4v) is 12.7. The first-order valence-corrected chi connectivity index (χ1v) is 25.8. The third-order valence-corrected chi connectivity index (χ3v) is 16.9. The number of piperidine rings is 3. The van der Waals surface area contributed by atoms with Crippen LogP contribution in [0, 0.1) is 35.3 Å². The molecule has 3 aromatic heterocycles. The number of nitrogens with one attached hydrogen (secondary N) is 2. The van der Waals surface area contributed by atoms with Gasteiger partial charge in [-0.2, -0.15) is 9.97 Å². The van der Waals surface area contributed by atoms with Gasteiger partial charge in [0.25, 0.3) is 0 Å². The molecule has 0 spiro atoms. The van der Waals surface area contributed by atoms with Crippen molar-refractivity contribution in [2.45, 2.75) is 94.5 Å². The van der Waals surface area contributed by atoms with Crippen LogP contribution in [-0.4, -0.2) is 117 Å². The number of ether oxygens (including phenoxy) is 1. The molecule has 1 aliphatic carbocycles. The smallest absolute Gasteiger partial charge is 0.319 e. The fourth-order valence-electron chi connectivity index (χ4n) is 12.7. The summed E-state index contributed by atoms with van der Waals surface area (Å²) in [5.74, 6) is 2.12. The lowest BCUT2D eigenvalue weighted by Crippen LogP contribution is -2.51. The van der Waals surface area contributed by atoms with Gasteiger partial charge < -0.3 is 34.4 Å². The number of carbonyl (C=O) groups excluding carboxylic acids is 2. The normalized spacial score (nSPS) is 23.2. The van der Waals surface area contributed by atoms with Gasteiger partial charge in [0, 0.05) is 84.8 Å². The van der Waals surface area contributed by atoms with Gasteiger partial charge in [0.15, 0.2) is 5.82 Å². The zero-order valence-corrected chi connectivity index (χ0v) is 40.4. The maximum atomic E-state index is 17.1. The minimum absolute atomic E-state index is 0.0114. The number of benzene rings is 3. The number of hydrogen-bond acceptors (Lipinski definition) is 11. The Morgan fingerprint density at radius 3 is 2.44 bits per heavy atom. The summed E-state index contributed by atoms with van der Waals surface area (Å²) in [5.41, 5.74) is 3.63.